The zero-order valence-electron chi connectivity index (χ0n) is 21.8. The molecule has 180 valence electrons. The minimum absolute atomic E-state index is 0.106. The number of fused-ring (bicyclic) bond motifs is 5. The van der Waals surface area contributed by atoms with Crippen LogP contribution < -0.4 is 0 Å². The molecule has 4 aliphatic rings. The van der Waals surface area contributed by atoms with Crippen molar-refractivity contribution in [2.75, 3.05) is 0 Å². The molecule has 2 nitrogen and oxygen atoms in total. The molecule has 0 aromatic heterocycles. The molecule has 4 aliphatic carbocycles. The second-order valence-electron chi connectivity index (χ2n) is 12.8. The van der Waals surface area contributed by atoms with E-state index < -0.39 is 0 Å². The van der Waals surface area contributed by atoms with Crippen molar-refractivity contribution in [3.63, 3.8) is 0 Å². The molecular weight excluding hydrogens is 392 g/mol. The fraction of sp³-hybridized carbons (Fsp3) is 0.833. The number of hydrogen-bond donors (Lipinski definition) is 0. The van der Waals surface area contributed by atoms with Gasteiger partial charge in [-0.3, -0.25) is 4.79 Å². The lowest BCUT2D eigenvalue weighted by Crippen LogP contribution is -2.51. The SMILES string of the molecule is CC(=O)O[C@H]1CC[C@@]2(C)C(=CC[C@H]3[C@@H]4CC[C@H]([C@H](C)/C=C/[C@H](C)C(C)C)[C@@]4(C)CC[C@@H]32)C1. The van der Waals surface area contributed by atoms with E-state index in [2.05, 4.69) is 59.8 Å². The number of ether oxygens (including phenoxy) is 1. The van der Waals surface area contributed by atoms with Gasteiger partial charge in [0, 0.05) is 13.3 Å². The third-order valence-corrected chi connectivity index (χ3v) is 10.9. The lowest BCUT2D eigenvalue weighted by atomic mass is 9.47. The van der Waals surface area contributed by atoms with Crippen LogP contribution in [0.3, 0.4) is 0 Å². The van der Waals surface area contributed by atoms with Gasteiger partial charge in [-0.05, 0) is 97.2 Å². The van der Waals surface area contributed by atoms with Gasteiger partial charge in [-0.2, -0.15) is 0 Å². The molecule has 0 radical (unpaired) electrons. The van der Waals surface area contributed by atoms with Crippen LogP contribution in [0.25, 0.3) is 0 Å². The minimum atomic E-state index is -0.121. The molecule has 0 amide bonds. The lowest BCUT2D eigenvalue weighted by Gasteiger charge is -2.58. The van der Waals surface area contributed by atoms with E-state index in [4.69, 9.17) is 4.74 Å². The Morgan fingerprint density at radius 3 is 2.47 bits per heavy atom. The molecule has 0 aromatic rings. The van der Waals surface area contributed by atoms with Crippen LogP contribution in [0.5, 0.6) is 0 Å². The lowest BCUT2D eigenvalue weighted by molar-refractivity contribution is -0.148. The standard InChI is InChI=1S/C30H48O2/c1-19(2)20(3)8-9-21(4)26-12-13-27-25-11-10-23-18-24(32-22(5)31)14-16-29(23,6)28(25)15-17-30(26,27)7/h8-10,19-21,24-28H,11-18H2,1-7H3/b9-8+/t20-,21+,24-,25-,26+,27-,28-,29-,30+/m0/s1. The molecule has 0 aliphatic heterocycles. The van der Waals surface area contributed by atoms with Gasteiger partial charge in [0.25, 0.3) is 0 Å². The fourth-order valence-corrected chi connectivity index (χ4v) is 8.57. The van der Waals surface area contributed by atoms with E-state index in [1.54, 1.807) is 12.5 Å². The summed E-state index contributed by atoms with van der Waals surface area (Å²) in [4.78, 5) is 11.5. The summed E-state index contributed by atoms with van der Waals surface area (Å²) in [5.41, 5.74) is 2.44. The summed E-state index contributed by atoms with van der Waals surface area (Å²) in [5, 5.41) is 0. The van der Waals surface area contributed by atoms with E-state index in [1.165, 1.54) is 38.5 Å². The summed E-state index contributed by atoms with van der Waals surface area (Å²) >= 11 is 0. The average molecular weight is 441 g/mol. The zero-order chi connectivity index (χ0) is 23.3. The van der Waals surface area contributed by atoms with Gasteiger partial charge in [0.2, 0.25) is 0 Å². The quantitative estimate of drug-likeness (QED) is 0.320. The highest BCUT2D eigenvalue weighted by atomic mass is 16.5. The number of esters is 1. The highest BCUT2D eigenvalue weighted by Gasteiger charge is 2.59. The molecule has 0 heterocycles. The molecule has 3 fully saturated rings. The normalized spacial score (nSPS) is 43.2. The highest BCUT2D eigenvalue weighted by molar-refractivity contribution is 5.66. The summed E-state index contributed by atoms with van der Waals surface area (Å²) in [7, 11) is 0. The summed E-state index contributed by atoms with van der Waals surface area (Å²) in [6.45, 7) is 16.3. The maximum absolute atomic E-state index is 11.5. The van der Waals surface area contributed by atoms with Crippen molar-refractivity contribution in [3.05, 3.63) is 23.8 Å². The predicted molar refractivity (Wildman–Crippen MR) is 133 cm³/mol. The van der Waals surface area contributed by atoms with E-state index in [1.807, 2.05) is 0 Å². The van der Waals surface area contributed by atoms with Gasteiger partial charge >= 0.3 is 5.97 Å². The Labute approximate surface area is 197 Å². The van der Waals surface area contributed by atoms with Gasteiger partial charge in [0.1, 0.15) is 6.10 Å². The summed E-state index contributed by atoms with van der Waals surface area (Å²) < 4.78 is 5.62. The van der Waals surface area contributed by atoms with Crippen LogP contribution in [0.4, 0.5) is 0 Å². The third kappa shape index (κ3) is 4.14. The first-order valence-corrected chi connectivity index (χ1v) is 13.6. The first kappa shape index (κ1) is 24.1. The first-order valence-electron chi connectivity index (χ1n) is 13.6. The number of allylic oxidation sites excluding steroid dienone is 3. The van der Waals surface area contributed by atoms with Crippen molar-refractivity contribution in [3.8, 4) is 0 Å². The van der Waals surface area contributed by atoms with Gasteiger partial charge < -0.3 is 4.74 Å². The van der Waals surface area contributed by atoms with Crippen LogP contribution in [-0.2, 0) is 9.53 Å². The molecule has 3 saturated carbocycles. The van der Waals surface area contributed by atoms with E-state index >= 15 is 0 Å². The highest BCUT2D eigenvalue weighted by Crippen LogP contribution is 2.67. The number of carbonyl (C=O) groups excluding carboxylic acids is 1. The smallest absolute Gasteiger partial charge is 0.302 e. The van der Waals surface area contributed by atoms with Gasteiger partial charge in [0.15, 0.2) is 0 Å². The van der Waals surface area contributed by atoms with Crippen LogP contribution in [-0.4, -0.2) is 12.1 Å². The zero-order valence-corrected chi connectivity index (χ0v) is 21.8. The second kappa shape index (κ2) is 8.95. The molecule has 0 saturated heterocycles. The second-order valence-corrected chi connectivity index (χ2v) is 12.8. The van der Waals surface area contributed by atoms with Crippen LogP contribution >= 0.6 is 0 Å². The van der Waals surface area contributed by atoms with Crippen LogP contribution in [0.15, 0.2) is 23.8 Å². The van der Waals surface area contributed by atoms with Crippen molar-refractivity contribution in [1.82, 2.24) is 0 Å². The van der Waals surface area contributed by atoms with Gasteiger partial charge in [0.05, 0.1) is 0 Å². The van der Waals surface area contributed by atoms with Crippen molar-refractivity contribution in [1.29, 1.82) is 0 Å². The Balaban J connectivity index is 1.50. The number of rotatable bonds is 5. The monoisotopic (exact) mass is 440 g/mol. The Hall–Kier alpha value is -1.05. The first-order chi connectivity index (χ1) is 15.1. The molecule has 2 heteroatoms. The molecule has 0 aromatic carbocycles. The predicted octanol–water partition coefficient (Wildman–Crippen LogP) is 7.98. The topological polar surface area (TPSA) is 26.3 Å². The van der Waals surface area contributed by atoms with Crippen molar-refractivity contribution >= 4 is 5.97 Å². The van der Waals surface area contributed by atoms with Crippen LogP contribution in [0.1, 0.15) is 99.8 Å². The third-order valence-electron chi connectivity index (χ3n) is 10.9. The van der Waals surface area contributed by atoms with Crippen LogP contribution in [0.2, 0.25) is 0 Å². The number of hydrogen-bond acceptors (Lipinski definition) is 2. The van der Waals surface area contributed by atoms with Crippen molar-refractivity contribution in [2.45, 2.75) is 106 Å². The Morgan fingerprint density at radius 1 is 1.03 bits per heavy atom. The minimum Gasteiger partial charge on any atom is -0.462 e. The Morgan fingerprint density at radius 2 is 1.78 bits per heavy atom. The fourth-order valence-electron chi connectivity index (χ4n) is 8.57. The Bertz CT molecular complexity index is 763. The molecule has 9 atom stereocenters. The van der Waals surface area contributed by atoms with Crippen molar-refractivity contribution < 1.29 is 9.53 Å². The Kier molecular flexibility index (Phi) is 6.74. The van der Waals surface area contributed by atoms with Crippen LogP contribution in [0, 0.1) is 52.3 Å². The molecule has 32 heavy (non-hydrogen) atoms. The number of carbonyl (C=O) groups is 1. The summed E-state index contributed by atoms with van der Waals surface area (Å²) in [6.07, 6.45) is 17.8. The van der Waals surface area contributed by atoms with E-state index in [0.29, 0.717) is 22.7 Å². The molecule has 0 unspecified atom stereocenters. The molecular formula is C30H48O2. The van der Waals surface area contributed by atoms with E-state index in [9.17, 15) is 4.79 Å². The van der Waals surface area contributed by atoms with Crippen molar-refractivity contribution in [2.24, 2.45) is 52.3 Å². The largest absolute Gasteiger partial charge is 0.462 e. The van der Waals surface area contributed by atoms with Gasteiger partial charge in [-0.25, -0.2) is 0 Å². The summed E-state index contributed by atoms with van der Waals surface area (Å²) in [6, 6.07) is 0. The molecule has 0 bridgehead atoms. The molecule has 0 spiro atoms. The summed E-state index contributed by atoms with van der Waals surface area (Å²) in [5.74, 6) is 5.35. The van der Waals surface area contributed by atoms with E-state index in [-0.39, 0.29) is 12.1 Å². The maximum Gasteiger partial charge on any atom is 0.302 e. The molecule has 0 N–H and O–H groups in total. The maximum atomic E-state index is 11.5. The van der Waals surface area contributed by atoms with E-state index in [0.717, 1.165) is 42.4 Å². The molecule has 4 rings (SSSR count). The van der Waals surface area contributed by atoms with Gasteiger partial charge in [-0.15, -0.1) is 0 Å². The van der Waals surface area contributed by atoms with Gasteiger partial charge in [-0.1, -0.05) is 65.3 Å². The average Bonchev–Trinajstić information content (AvgIpc) is 3.08.